The van der Waals surface area contributed by atoms with E-state index in [0.717, 1.165) is 15.6 Å². The van der Waals surface area contributed by atoms with Crippen LogP contribution in [0.15, 0.2) is 41.1 Å². The summed E-state index contributed by atoms with van der Waals surface area (Å²) in [6.07, 6.45) is 2.72. The van der Waals surface area contributed by atoms with Gasteiger partial charge in [-0.15, -0.1) is 0 Å². The van der Waals surface area contributed by atoms with E-state index in [1.54, 1.807) is 12.3 Å². The zero-order valence-corrected chi connectivity index (χ0v) is 10.9. The summed E-state index contributed by atoms with van der Waals surface area (Å²) in [6.45, 7) is 1.98. The molecule has 1 aromatic carbocycles. The number of nitrogens with zero attached hydrogens (tertiary/aromatic N) is 1. The van der Waals surface area contributed by atoms with Crippen LogP contribution in [-0.2, 0) is 0 Å². The quantitative estimate of drug-likeness (QED) is 0.923. The zero-order chi connectivity index (χ0) is 12.4. The van der Waals surface area contributed by atoms with Crippen LogP contribution in [0.2, 0.25) is 0 Å². The molecule has 0 amide bonds. The molecule has 0 aliphatic rings. The first-order valence-electron chi connectivity index (χ1n) is 5.20. The van der Waals surface area contributed by atoms with Crippen molar-refractivity contribution in [2.45, 2.75) is 13.0 Å². The molecule has 4 heteroatoms. The Kier molecular flexibility index (Phi) is 3.54. The van der Waals surface area contributed by atoms with Gasteiger partial charge in [0, 0.05) is 16.2 Å². The largest absolute Gasteiger partial charge is 0.320 e. The van der Waals surface area contributed by atoms with Gasteiger partial charge in [0.25, 0.3) is 0 Å². The van der Waals surface area contributed by atoms with Gasteiger partial charge in [-0.25, -0.2) is 4.39 Å². The van der Waals surface area contributed by atoms with E-state index in [1.165, 1.54) is 6.20 Å². The van der Waals surface area contributed by atoms with E-state index >= 15 is 0 Å². The number of hydrogen-bond acceptors (Lipinski definition) is 2. The van der Waals surface area contributed by atoms with Gasteiger partial charge in [0.1, 0.15) is 5.82 Å². The van der Waals surface area contributed by atoms with E-state index < -0.39 is 6.04 Å². The molecule has 0 fully saturated rings. The maximum absolute atomic E-state index is 13.6. The Labute approximate surface area is 108 Å². The summed E-state index contributed by atoms with van der Waals surface area (Å²) in [6, 6.07) is 6.96. The molecule has 2 rings (SSSR count). The molecule has 2 nitrogen and oxygen atoms in total. The Balaban J connectivity index is 2.47. The highest BCUT2D eigenvalue weighted by Crippen LogP contribution is 2.28. The number of pyridine rings is 1. The van der Waals surface area contributed by atoms with Gasteiger partial charge >= 0.3 is 0 Å². The molecule has 0 bridgehead atoms. The summed E-state index contributed by atoms with van der Waals surface area (Å²) in [5.74, 6) is -0.381. The van der Waals surface area contributed by atoms with Crippen LogP contribution >= 0.6 is 15.9 Å². The third-order valence-corrected chi connectivity index (χ3v) is 3.35. The van der Waals surface area contributed by atoms with Gasteiger partial charge in [0.2, 0.25) is 0 Å². The predicted octanol–water partition coefficient (Wildman–Crippen LogP) is 3.34. The van der Waals surface area contributed by atoms with E-state index in [0.29, 0.717) is 5.56 Å². The van der Waals surface area contributed by atoms with E-state index in [4.69, 9.17) is 5.73 Å². The van der Waals surface area contributed by atoms with Gasteiger partial charge in [-0.2, -0.15) is 0 Å². The molecule has 0 aliphatic carbocycles. The van der Waals surface area contributed by atoms with Crippen LogP contribution in [0.25, 0.3) is 0 Å². The maximum Gasteiger partial charge on any atom is 0.146 e. The molecule has 0 radical (unpaired) electrons. The standard InChI is InChI=1S/C13H12BrFN2/c1-8-2-3-11(14)10(6-8)13(16)9-4-5-17-7-12(9)15/h2-7,13H,16H2,1H3. The molecule has 88 valence electrons. The van der Waals surface area contributed by atoms with E-state index in [1.807, 2.05) is 25.1 Å². The van der Waals surface area contributed by atoms with Crippen LogP contribution in [-0.4, -0.2) is 4.98 Å². The number of rotatable bonds is 2. The minimum absolute atomic E-state index is 0.381. The second-order valence-corrected chi connectivity index (χ2v) is 4.75. The lowest BCUT2D eigenvalue weighted by molar-refractivity contribution is 0.593. The third-order valence-electron chi connectivity index (χ3n) is 2.63. The SMILES string of the molecule is Cc1ccc(Br)c(C(N)c2ccncc2F)c1. The van der Waals surface area contributed by atoms with E-state index in [9.17, 15) is 4.39 Å². The lowest BCUT2D eigenvalue weighted by Gasteiger charge is -2.15. The number of nitrogens with two attached hydrogens (primary N) is 1. The second kappa shape index (κ2) is 4.94. The third kappa shape index (κ3) is 2.53. The molecular formula is C13H12BrFN2. The average molecular weight is 295 g/mol. The predicted molar refractivity (Wildman–Crippen MR) is 69.1 cm³/mol. The topological polar surface area (TPSA) is 38.9 Å². The molecular weight excluding hydrogens is 283 g/mol. The molecule has 1 unspecified atom stereocenters. The van der Waals surface area contributed by atoms with Crippen LogP contribution in [0.1, 0.15) is 22.7 Å². The smallest absolute Gasteiger partial charge is 0.146 e. The van der Waals surface area contributed by atoms with Gasteiger partial charge in [0.15, 0.2) is 0 Å². The minimum Gasteiger partial charge on any atom is -0.320 e. The first-order chi connectivity index (χ1) is 8.09. The Morgan fingerprint density at radius 3 is 2.76 bits per heavy atom. The molecule has 0 saturated carbocycles. The molecule has 17 heavy (non-hydrogen) atoms. The summed E-state index contributed by atoms with van der Waals surface area (Å²) in [4.78, 5) is 3.72. The minimum atomic E-state index is -0.493. The van der Waals surface area contributed by atoms with Crippen molar-refractivity contribution >= 4 is 15.9 Å². The van der Waals surface area contributed by atoms with Crippen molar-refractivity contribution in [2.24, 2.45) is 5.73 Å². The molecule has 0 saturated heterocycles. The molecule has 1 heterocycles. The van der Waals surface area contributed by atoms with Crippen molar-refractivity contribution in [3.05, 3.63) is 63.6 Å². The Bertz CT molecular complexity index is 543. The maximum atomic E-state index is 13.6. The van der Waals surface area contributed by atoms with Gasteiger partial charge in [-0.3, -0.25) is 4.98 Å². The summed E-state index contributed by atoms with van der Waals surface area (Å²) >= 11 is 3.43. The van der Waals surface area contributed by atoms with Crippen LogP contribution in [0, 0.1) is 12.7 Å². The van der Waals surface area contributed by atoms with Crippen LogP contribution < -0.4 is 5.73 Å². The van der Waals surface area contributed by atoms with Crippen LogP contribution in [0.3, 0.4) is 0 Å². The average Bonchev–Trinajstić information content (AvgIpc) is 2.32. The highest BCUT2D eigenvalue weighted by Gasteiger charge is 2.15. The van der Waals surface area contributed by atoms with Crippen molar-refractivity contribution in [1.29, 1.82) is 0 Å². The summed E-state index contributed by atoms with van der Waals surface area (Å²) in [5.41, 5.74) is 8.50. The molecule has 0 aliphatic heterocycles. The second-order valence-electron chi connectivity index (χ2n) is 3.90. The molecule has 0 spiro atoms. The molecule has 1 aromatic heterocycles. The highest BCUT2D eigenvalue weighted by atomic mass is 79.9. The Hall–Kier alpha value is -1.26. The van der Waals surface area contributed by atoms with Crippen molar-refractivity contribution in [3.8, 4) is 0 Å². The lowest BCUT2D eigenvalue weighted by atomic mass is 9.99. The molecule has 2 N–H and O–H groups in total. The van der Waals surface area contributed by atoms with Crippen molar-refractivity contribution < 1.29 is 4.39 Å². The number of hydrogen-bond donors (Lipinski definition) is 1. The van der Waals surface area contributed by atoms with Crippen molar-refractivity contribution in [3.63, 3.8) is 0 Å². The number of aromatic nitrogens is 1. The first-order valence-corrected chi connectivity index (χ1v) is 6.00. The molecule has 1 atom stereocenters. The summed E-state index contributed by atoms with van der Waals surface area (Å²) in [7, 11) is 0. The zero-order valence-electron chi connectivity index (χ0n) is 9.32. The van der Waals surface area contributed by atoms with Crippen LogP contribution in [0.5, 0.6) is 0 Å². The van der Waals surface area contributed by atoms with Crippen LogP contribution in [0.4, 0.5) is 4.39 Å². The first kappa shape index (κ1) is 12.2. The monoisotopic (exact) mass is 294 g/mol. The molecule has 2 aromatic rings. The number of benzene rings is 1. The fraction of sp³-hybridized carbons (Fsp3) is 0.154. The fourth-order valence-electron chi connectivity index (χ4n) is 1.71. The summed E-state index contributed by atoms with van der Waals surface area (Å²) in [5, 5.41) is 0. The number of aryl methyl sites for hydroxylation is 1. The van der Waals surface area contributed by atoms with Gasteiger partial charge in [-0.1, -0.05) is 33.6 Å². The van der Waals surface area contributed by atoms with Crippen molar-refractivity contribution in [1.82, 2.24) is 4.98 Å². The normalized spacial score (nSPS) is 12.5. The fourth-order valence-corrected chi connectivity index (χ4v) is 2.20. The number of halogens is 2. The van der Waals surface area contributed by atoms with Gasteiger partial charge in [0.05, 0.1) is 12.2 Å². The Morgan fingerprint density at radius 2 is 2.06 bits per heavy atom. The van der Waals surface area contributed by atoms with Gasteiger partial charge < -0.3 is 5.73 Å². The summed E-state index contributed by atoms with van der Waals surface area (Å²) < 4.78 is 14.5. The van der Waals surface area contributed by atoms with Gasteiger partial charge in [-0.05, 0) is 24.6 Å². The van der Waals surface area contributed by atoms with E-state index in [2.05, 4.69) is 20.9 Å². The Morgan fingerprint density at radius 1 is 1.29 bits per heavy atom. The lowest BCUT2D eigenvalue weighted by Crippen LogP contribution is -2.14. The van der Waals surface area contributed by atoms with E-state index in [-0.39, 0.29) is 5.82 Å². The van der Waals surface area contributed by atoms with Crippen molar-refractivity contribution in [2.75, 3.05) is 0 Å². The highest BCUT2D eigenvalue weighted by molar-refractivity contribution is 9.10.